The number of ether oxygens (including phenoxy) is 1. The van der Waals surface area contributed by atoms with Crippen molar-refractivity contribution < 1.29 is 13.5 Å². The van der Waals surface area contributed by atoms with Gasteiger partial charge in [-0.25, -0.2) is 0 Å². The first-order valence-electron chi connectivity index (χ1n) is 4.45. The summed E-state index contributed by atoms with van der Waals surface area (Å²) in [6, 6.07) is 0. The van der Waals surface area contributed by atoms with Crippen LogP contribution in [0, 0.1) is 5.92 Å². The largest absolute Gasteiger partial charge is 0.429 e. The first-order chi connectivity index (χ1) is 6.97. The predicted molar refractivity (Wildman–Crippen MR) is 63.7 cm³/mol. The van der Waals surface area contributed by atoms with Gasteiger partial charge < -0.3 is 4.74 Å². The molecule has 88 valence electrons. The van der Waals surface area contributed by atoms with Gasteiger partial charge in [0, 0.05) is 0 Å². The molecule has 0 saturated carbocycles. The number of rotatable bonds is 5. The predicted octanol–water partition coefficient (Wildman–Crippen LogP) is 4.79. The zero-order valence-corrected chi connectivity index (χ0v) is 10.2. The van der Waals surface area contributed by atoms with Crippen molar-refractivity contribution in [3.63, 3.8) is 0 Å². The molecule has 0 radical (unpaired) electrons. The number of hydrogen-bond acceptors (Lipinski definition) is 2. The topological polar surface area (TPSA) is 9.23 Å². The molecule has 0 aliphatic carbocycles. The minimum atomic E-state index is -2.79. The van der Waals surface area contributed by atoms with Gasteiger partial charge in [0.05, 0.1) is 0 Å². The fourth-order valence-electron chi connectivity index (χ4n) is 0.765. The van der Waals surface area contributed by atoms with Gasteiger partial charge in [-0.3, -0.25) is 0 Å². The minimum absolute atomic E-state index is 0.0387. The molecule has 0 aliphatic heterocycles. The second-order valence-corrected chi connectivity index (χ2v) is 3.83. The van der Waals surface area contributed by atoms with E-state index in [1.165, 1.54) is 0 Å². The van der Waals surface area contributed by atoms with Crippen LogP contribution in [0.1, 0.15) is 20.8 Å². The molecular formula is C11H18F2OS. The van der Waals surface area contributed by atoms with E-state index in [2.05, 4.69) is 24.5 Å². The second kappa shape index (κ2) is 9.77. The third-order valence-corrected chi connectivity index (χ3v) is 2.57. The monoisotopic (exact) mass is 236 g/mol. The zero-order valence-electron chi connectivity index (χ0n) is 9.43. The Balaban J connectivity index is 0. The van der Waals surface area contributed by atoms with Crippen LogP contribution in [-0.2, 0) is 4.74 Å². The molecule has 0 aromatic rings. The number of thioether (sulfide) groups is 1. The average molecular weight is 236 g/mol. The van der Waals surface area contributed by atoms with Gasteiger partial charge in [-0.15, -0.1) is 13.2 Å². The van der Waals surface area contributed by atoms with Crippen molar-refractivity contribution in [2.24, 2.45) is 5.92 Å². The molecule has 0 rings (SSSR count). The van der Waals surface area contributed by atoms with E-state index in [-0.39, 0.29) is 5.09 Å². The van der Waals surface area contributed by atoms with Gasteiger partial charge >= 0.3 is 6.61 Å². The molecular weight excluding hydrogens is 218 g/mol. The van der Waals surface area contributed by atoms with Crippen LogP contribution in [0.15, 0.2) is 35.8 Å². The summed E-state index contributed by atoms with van der Waals surface area (Å²) in [6.45, 7) is 12.4. The summed E-state index contributed by atoms with van der Waals surface area (Å²) in [5.74, 6) is 0.299. The van der Waals surface area contributed by atoms with Crippen LogP contribution < -0.4 is 0 Å². The van der Waals surface area contributed by atoms with Crippen LogP contribution in [0.2, 0.25) is 0 Å². The molecule has 0 amide bonds. The molecule has 4 heteroatoms. The Labute approximate surface area is 94.9 Å². The molecule has 0 fully saturated rings. The molecule has 0 N–H and O–H groups in total. The van der Waals surface area contributed by atoms with Gasteiger partial charge in [-0.1, -0.05) is 31.7 Å². The molecule has 1 nitrogen and oxygen atoms in total. The summed E-state index contributed by atoms with van der Waals surface area (Å²) in [7, 11) is 0. The summed E-state index contributed by atoms with van der Waals surface area (Å²) in [6.07, 6.45) is 1.87. The molecule has 0 unspecified atom stereocenters. The Morgan fingerprint density at radius 1 is 1.33 bits per heavy atom. The second-order valence-electron chi connectivity index (χ2n) is 2.70. The minimum Gasteiger partial charge on any atom is -0.429 e. The first-order valence-corrected chi connectivity index (χ1v) is 5.26. The highest BCUT2D eigenvalue weighted by Crippen LogP contribution is 2.31. The van der Waals surface area contributed by atoms with Crippen LogP contribution in [0.5, 0.6) is 0 Å². The van der Waals surface area contributed by atoms with Crippen molar-refractivity contribution in [1.82, 2.24) is 0 Å². The fraction of sp³-hybridized carbons (Fsp3) is 0.455. The smallest absolute Gasteiger partial charge is 0.387 e. The molecule has 0 spiro atoms. The fourth-order valence-corrected chi connectivity index (χ4v) is 1.50. The van der Waals surface area contributed by atoms with Crippen molar-refractivity contribution >= 4 is 11.8 Å². The molecule has 0 bridgehead atoms. The van der Waals surface area contributed by atoms with E-state index in [1.54, 1.807) is 0 Å². The Kier molecular flexibility index (Phi) is 10.8. The van der Waals surface area contributed by atoms with Gasteiger partial charge in [0.2, 0.25) is 0 Å². The van der Waals surface area contributed by atoms with Gasteiger partial charge in [-0.2, -0.15) is 8.78 Å². The molecule has 15 heavy (non-hydrogen) atoms. The lowest BCUT2D eigenvalue weighted by atomic mass is 10.2. The summed E-state index contributed by atoms with van der Waals surface area (Å²) in [4.78, 5) is 0.977. The Bertz CT molecular complexity index is 213. The van der Waals surface area contributed by atoms with E-state index in [0.717, 1.165) is 16.7 Å². The standard InChI is InChI=1S/C9H14F2OS.C2H4/c1-5-8(6(2)3)13-7(4)12-9(10)11;1-2/h5-6,9H,4H2,1-3H3;1-2H2/b8-5-;. The van der Waals surface area contributed by atoms with Gasteiger partial charge in [-0.05, 0) is 24.3 Å². The third-order valence-electron chi connectivity index (χ3n) is 1.31. The highest BCUT2D eigenvalue weighted by molar-refractivity contribution is 8.06. The summed E-state index contributed by atoms with van der Waals surface area (Å²) in [5.41, 5.74) is 0. The van der Waals surface area contributed by atoms with Gasteiger partial charge in [0.15, 0.2) is 5.09 Å². The van der Waals surface area contributed by atoms with E-state index in [9.17, 15) is 8.78 Å². The summed E-state index contributed by atoms with van der Waals surface area (Å²) >= 11 is 1.15. The molecule has 0 aromatic carbocycles. The number of allylic oxidation sites excluding steroid dienone is 2. The lowest BCUT2D eigenvalue weighted by Crippen LogP contribution is -1.97. The van der Waals surface area contributed by atoms with E-state index in [1.807, 2.05) is 26.8 Å². The molecule has 0 aromatic heterocycles. The van der Waals surface area contributed by atoms with Crippen molar-refractivity contribution in [2.45, 2.75) is 27.4 Å². The number of hydrogen-bond donors (Lipinski definition) is 0. The van der Waals surface area contributed by atoms with E-state index < -0.39 is 6.61 Å². The normalized spacial score (nSPS) is 11.0. The quantitative estimate of drug-likeness (QED) is 0.501. The van der Waals surface area contributed by atoms with Crippen molar-refractivity contribution in [2.75, 3.05) is 0 Å². The third kappa shape index (κ3) is 9.53. The van der Waals surface area contributed by atoms with Crippen LogP contribution in [0.25, 0.3) is 0 Å². The SMILES string of the molecule is C=C.C=C(OC(F)F)S/C(=C\C)C(C)C. The summed E-state index contributed by atoms with van der Waals surface area (Å²) < 4.78 is 27.6. The zero-order chi connectivity index (χ0) is 12.4. The highest BCUT2D eigenvalue weighted by Gasteiger charge is 2.09. The van der Waals surface area contributed by atoms with Crippen LogP contribution >= 0.6 is 11.8 Å². The summed E-state index contributed by atoms with van der Waals surface area (Å²) in [5, 5.41) is 0.0387. The first kappa shape index (κ1) is 16.7. The van der Waals surface area contributed by atoms with Crippen molar-refractivity contribution in [3.05, 3.63) is 35.8 Å². The molecule has 0 aliphatic rings. The Morgan fingerprint density at radius 2 is 1.80 bits per heavy atom. The van der Waals surface area contributed by atoms with E-state index >= 15 is 0 Å². The van der Waals surface area contributed by atoms with Crippen LogP contribution in [0.4, 0.5) is 8.78 Å². The Hall–Kier alpha value is -0.770. The van der Waals surface area contributed by atoms with Gasteiger partial charge in [0.25, 0.3) is 0 Å². The lowest BCUT2D eigenvalue weighted by molar-refractivity contribution is -0.0866. The Morgan fingerprint density at radius 3 is 2.07 bits per heavy atom. The maximum atomic E-state index is 11.7. The van der Waals surface area contributed by atoms with E-state index in [0.29, 0.717) is 5.92 Å². The molecule has 0 heterocycles. The van der Waals surface area contributed by atoms with Crippen LogP contribution in [0.3, 0.4) is 0 Å². The lowest BCUT2D eigenvalue weighted by Gasteiger charge is -2.12. The van der Waals surface area contributed by atoms with E-state index in [4.69, 9.17) is 0 Å². The highest BCUT2D eigenvalue weighted by atomic mass is 32.2. The van der Waals surface area contributed by atoms with Crippen molar-refractivity contribution in [1.29, 1.82) is 0 Å². The maximum Gasteiger partial charge on any atom is 0.387 e. The van der Waals surface area contributed by atoms with Gasteiger partial charge in [0.1, 0.15) is 0 Å². The number of alkyl halides is 2. The van der Waals surface area contributed by atoms with Crippen molar-refractivity contribution in [3.8, 4) is 0 Å². The average Bonchev–Trinajstić information content (AvgIpc) is 2.15. The molecule has 0 atom stereocenters. The van der Waals surface area contributed by atoms with Crippen LogP contribution in [-0.4, -0.2) is 6.61 Å². The maximum absolute atomic E-state index is 11.7. The molecule has 0 saturated heterocycles. The number of halogens is 2.